The van der Waals surface area contributed by atoms with Crippen molar-refractivity contribution in [1.29, 1.82) is 0 Å². The van der Waals surface area contributed by atoms with Gasteiger partial charge in [0.05, 0.1) is 6.54 Å². The molecule has 0 amide bonds. The molecule has 5 heteroatoms. The van der Waals surface area contributed by atoms with Crippen LogP contribution in [0.5, 0.6) is 0 Å². The second kappa shape index (κ2) is 6.25. The summed E-state index contributed by atoms with van der Waals surface area (Å²) in [6.07, 6.45) is 0.972. The van der Waals surface area contributed by atoms with E-state index in [4.69, 9.17) is 5.11 Å². The van der Waals surface area contributed by atoms with Gasteiger partial charge in [0.15, 0.2) is 0 Å². The van der Waals surface area contributed by atoms with Crippen LogP contribution in [0.4, 0.5) is 0 Å². The normalized spacial score (nSPS) is 10.9. The molecule has 0 atom stereocenters. The third-order valence-electron chi connectivity index (χ3n) is 1.90. The Morgan fingerprint density at radius 2 is 2.40 bits per heavy atom. The summed E-state index contributed by atoms with van der Waals surface area (Å²) in [7, 11) is 0. The zero-order valence-corrected chi connectivity index (χ0v) is 11.0. The Balaban J connectivity index is 2.53. The maximum absolute atomic E-state index is 10.6. The molecule has 1 aromatic rings. The van der Waals surface area contributed by atoms with E-state index in [-0.39, 0.29) is 6.54 Å². The van der Waals surface area contributed by atoms with Crippen molar-refractivity contribution in [3.63, 3.8) is 0 Å². The molecular formula is C10H14BrNO2S. The molecule has 0 bridgehead atoms. The molecule has 0 aliphatic carbocycles. The van der Waals surface area contributed by atoms with Gasteiger partial charge in [-0.05, 0) is 35.0 Å². The summed E-state index contributed by atoms with van der Waals surface area (Å²) in [5.41, 5.74) is 0. The number of carboxylic acid groups (broad SMARTS) is 1. The molecule has 0 saturated carbocycles. The van der Waals surface area contributed by atoms with Crippen LogP contribution >= 0.6 is 27.3 Å². The molecule has 0 aliphatic rings. The van der Waals surface area contributed by atoms with Crippen molar-refractivity contribution in [3.05, 3.63) is 20.8 Å². The first kappa shape index (κ1) is 12.7. The highest BCUT2D eigenvalue weighted by Crippen LogP contribution is 2.21. The molecule has 15 heavy (non-hydrogen) atoms. The fourth-order valence-corrected chi connectivity index (χ4v) is 2.87. The first-order valence-electron chi connectivity index (χ1n) is 4.79. The molecular weight excluding hydrogens is 278 g/mol. The van der Waals surface area contributed by atoms with Crippen LogP contribution < -0.4 is 0 Å². The van der Waals surface area contributed by atoms with E-state index in [0.29, 0.717) is 0 Å². The van der Waals surface area contributed by atoms with Gasteiger partial charge in [-0.15, -0.1) is 11.3 Å². The van der Waals surface area contributed by atoms with Crippen molar-refractivity contribution >= 4 is 33.2 Å². The first-order valence-corrected chi connectivity index (χ1v) is 6.46. The molecule has 84 valence electrons. The summed E-state index contributed by atoms with van der Waals surface area (Å²) in [5.74, 6) is -0.765. The Labute approximate surface area is 102 Å². The highest BCUT2D eigenvalue weighted by molar-refractivity contribution is 9.10. The number of hydrogen-bond donors (Lipinski definition) is 1. The predicted molar refractivity (Wildman–Crippen MR) is 65.2 cm³/mol. The minimum absolute atomic E-state index is 0.114. The third kappa shape index (κ3) is 4.77. The van der Waals surface area contributed by atoms with Gasteiger partial charge in [0.1, 0.15) is 0 Å². The van der Waals surface area contributed by atoms with E-state index in [1.54, 1.807) is 11.3 Å². The van der Waals surface area contributed by atoms with Gasteiger partial charge in [-0.1, -0.05) is 6.92 Å². The zero-order chi connectivity index (χ0) is 11.3. The topological polar surface area (TPSA) is 40.5 Å². The maximum Gasteiger partial charge on any atom is 0.317 e. The lowest BCUT2D eigenvalue weighted by molar-refractivity contribution is -0.138. The third-order valence-corrected chi connectivity index (χ3v) is 3.58. The molecule has 0 unspecified atom stereocenters. The molecule has 0 aliphatic heterocycles. The molecule has 1 aromatic heterocycles. The van der Waals surface area contributed by atoms with Crippen molar-refractivity contribution in [1.82, 2.24) is 4.90 Å². The van der Waals surface area contributed by atoms with Crippen LogP contribution in [0.25, 0.3) is 0 Å². The minimum atomic E-state index is -0.765. The van der Waals surface area contributed by atoms with Gasteiger partial charge in [0, 0.05) is 21.3 Å². The quantitative estimate of drug-likeness (QED) is 0.876. The van der Waals surface area contributed by atoms with Crippen molar-refractivity contribution < 1.29 is 9.90 Å². The van der Waals surface area contributed by atoms with Crippen LogP contribution in [-0.2, 0) is 11.3 Å². The summed E-state index contributed by atoms with van der Waals surface area (Å²) < 4.78 is 1.06. The Bertz CT molecular complexity index is 327. The van der Waals surface area contributed by atoms with E-state index in [1.807, 2.05) is 16.3 Å². The van der Waals surface area contributed by atoms with Gasteiger partial charge in [-0.2, -0.15) is 0 Å². The lowest BCUT2D eigenvalue weighted by Gasteiger charge is -2.18. The summed E-state index contributed by atoms with van der Waals surface area (Å²) in [6.45, 7) is 3.71. The van der Waals surface area contributed by atoms with E-state index in [9.17, 15) is 4.79 Å². The summed E-state index contributed by atoms with van der Waals surface area (Å²) in [6, 6.07) is 2.04. The Morgan fingerprint density at radius 1 is 1.67 bits per heavy atom. The van der Waals surface area contributed by atoms with Crippen LogP contribution in [0.3, 0.4) is 0 Å². The first-order chi connectivity index (χ1) is 7.11. The predicted octanol–water partition coefficient (Wildman–Crippen LogP) is 2.81. The second-order valence-corrected chi connectivity index (χ2v) is 5.25. The molecule has 1 rings (SSSR count). The van der Waals surface area contributed by atoms with Gasteiger partial charge in [0.2, 0.25) is 0 Å². The van der Waals surface area contributed by atoms with Crippen molar-refractivity contribution in [2.75, 3.05) is 13.1 Å². The number of aliphatic carboxylic acids is 1. The maximum atomic E-state index is 10.6. The Hall–Kier alpha value is -0.390. The number of nitrogens with zero attached hydrogens (tertiary/aromatic N) is 1. The average molecular weight is 292 g/mol. The molecule has 0 radical (unpaired) electrons. The van der Waals surface area contributed by atoms with Crippen molar-refractivity contribution in [2.45, 2.75) is 19.9 Å². The van der Waals surface area contributed by atoms with Gasteiger partial charge < -0.3 is 5.11 Å². The van der Waals surface area contributed by atoms with Gasteiger partial charge in [-0.25, -0.2) is 0 Å². The van der Waals surface area contributed by atoms with Gasteiger partial charge in [-0.3, -0.25) is 9.69 Å². The number of carbonyl (C=O) groups is 1. The molecule has 0 spiro atoms. The van der Waals surface area contributed by atoms with Crippen LogP contribution in [0, 0.1) is 0 Å². The summed E-state index contributed by atoms with van der Waals surface area (Å²) >= 11 is 5.04. The molecule has 1 heterocycles. The van der Waals surface area contributed by atoms with Crippen LogP contribution in [0.15, 0.2) is 15.9 Å². The highest BCUT2D eigenvalue weighted by atomic mass is 79.9. The fourth-order valence-electron chi connectivity index (χ4n) is 1.38. The van der Waals surface area contributed by atoms with Crippen molar-refractivity contribution in [3.8, 4) is 0 Å². The van der Waals surface area contributed by atoms with E-state index < -0.39 is 5.97 Å². The fraction of sp³-hybridized carbons (Fsp3) is 0.500. The molecule has 3 nitrogen and oxygen atoms in total. The van der Waals surface area contributed by atoms with E-state index in [2.05, 4.69) is 22.9 Å². The summed E-state index contributed by atoms with van der Waals surface area (Å²) in [4.78, 5) is 13.8. The molecule has 1 N–H and O–H groups in total. The Kier molecular flexibility index (Phi) is 5.28. The largest absolute Gasteiger partial charge is 0.480 e. The number of halogens is 1. The molecule has 0 aromatic carbocycles. The highest BCUT2D eigenvalue weighted by Gasteiger charge is 2.10. The van der Waals surface area contributed by atoms with Crippen LogP contribution in [0.2, 0.25) is 0 Å². The van der Waals surface area contributed by atoms with E-state index in [1.165, 1.54) is 4.88 Å². The average Bonchev–Trinajstić information content (AvgIpc) is 2.50. The number of rotatable bonds is 6. The SMILES string of the molecule is CCCN(CC(=O)O)Cc1cc(Br)cs1. The van der Waals surface area contributed by atoms with Gasteiger partial charge >= 0.3 is 5.97 Å². The zero-order valence-electron chi connectivity index (χ0n) is 8.57. The summed E-state index contributed by atoms with van der Waals surface area (Å²) in [5, 5.41) is 10.8. The monoisotopic (exact) mass is 291 g/mol. The number of hydrogen-bond acceptors (Lipinski definition) is 3. The smallest absolute Gasteiger partial charge is 0.317 e. The van der Waals surface area contributed by atoms with Crippen molar-refractivity contribution in [2.24, 2.45) is 0 Å². The van der Waals surface area contributed by atoms with E-state index >= 15 is 0 Å². The van der Waals surface area contributed by atoms with Gasteiger partial charge in [0.25, 0.3) is 0 Å². The Morgan fingerprint density at radius 3 is 2.87 bits per heavy atom. The lowest BCUT2D eigenvalue weighted by Crippen LogP contribution is -2.29. The second-order valence-electron chi connectivity index (χ2n) is 3.34. The molecule has 0 saturated heterocycles. The van der Waals surface area contributed by atoms with Crippen LogP contribution in [-0.4, -0.2) is 29.1 Å². The minimum Gasteiger partial charge on any atom is -0.480 e. The lowest BCUT2D eigenvalue weighted by atomic mass is 10.3. The number of thiophene rings is 1. The molecule has 0 fully saturated rings. The van der Waals surface area contributed by atoms with Crippen LogP contribution in [0.1, 0.15) is 18.2 Å². The van der Waals surface area contributed by atoms with E-state index in [0.717, 1.165) is 24.0 Å². The number of carboxylic acids is 1. The standard InChI is InChI=1S/C10H14BrNO2S/c1-2-3-12(6-10(13)14)5-9-4-8(11)7-15-9/h4,7H,2-3,5-6H2,1H3,(H,13,14).